The van der Waals surface area contributed by atoms with Crippen molar-refractivity contribution >= 4 is 11.6 Å². The number of hydrogen-bond donors (Lipinski definition) is 0. The van der Waals surface area contributed by atoms with Crippen molar-refractivity contribution in [3.63, 3.8) is 0 Å². The van der Waals surface area contributed by atoms with Gasteiger partial charge in [-0.3, -0.25) is 0 Å². The van der Waals surface area contributed by atoms with Gasteiger partial charge < -0.3 is 0 Å². The molecule has 0 fully saturated rings. The van der Waals surface area contributed by atoms with E-state index in [1.165, 1.54) is 31.4 Å². The van der Waals surface area contributed by atoms with Gasteiger partial charge in [0.2, 0.25) is 0 Å². The molecule has 0 amide bonds. The standard InChI is InChI=1S/C6H5F.C5H11Cl.C2H4/c7-6-4-2-1-3-5-6;1-2-3-4-5-6;1-2/h1-5H;2-5H2,1H3;1-2H2. The van der Waals surface area contributed by atoms with Gasteiger partial charge in [0, 0.05) is 5.88 Å². The highest BCUT2D eigenvalue weighted by Crippen LogP contribution is 1.93. The van der Waals surface area contributed by atoms with E-state index in [9.17, 15) is 4.39 Å². The first kappa shape index (κ1) is 16.6. The Morgan fingerprint density at radius 3 is 1.87 bits per heavy atom. The minimum atomic E-state index is -0.178. The van der Waals surface area contributed by atoms with E-state index < -0.39 is 0 Å². The van der Waals surface area contributed by atoms with Crippen LogP contribution in [0.1, 0.15) is 26.2 Å². The zero-order valence-electron chi connectivity index (χ0n) is 9.39. The molecule has 0 radical (unpaired) electrons. The van der Waals surface area contributed by atoms with Crippen molar-refractivity contribution in [2.45, 2.75) is 26.2 Å². The molecule has 0 aliphatic rings. The average Bonchev–Trinajstić information content (AvgIpc) is 2.31. The largest absolute Gasteiger partial charge is 0.207 e. The fourth-order valence-corrected chi connectivity index (χ4v) is 0.948. The molecule has 0 N–H and O–H groups in total. The van der Waals surface area contributed by atoms with Crippen molar-refractivity contribution in [3.8, 4) is 0 Å². The zero-order valence-corrected chi connectivity index (χ0v) is 10.1. The molecule has 0 saturated carbocycles. The summed E-state index contributed by atoms with van der Waals surface area (Å²) in [6.07, 6.45) is 3.73. The molecule has 1 rings (SSSR count). The van der Waals surface area contributed by atoms with Crippen LogP contribution in [-0.2, 0) is 0 Å². The molecular formula is C13H20ClF. The van der Waals surface area contributed by atoms with Crippen molar-refractivity contribution < 1.29 is 4.39 Å². The van der Waals surface area contributed by atoms with E-state index in [2.05, 4.69) is 20.1 Å². The molecule has 0 bridgehead atoms. The fourth-order valence-electron chi connectivity index (χ4n) is 0.759. The highest BCUT2D eigenvalue weighted by Gasteiger charge is 1.77. The summed E-state index contributed by atoms with van der Waals surface area (Å²) in [4.78, 5) is 0. The van der Waals surface area contributed by atoms with Crippen LogP contribution >= 0.6 is 11.6 Å². The van der Waals surface area contributed by atoms with Crippen LogP contribution in [-0.4, -0.2) is 5.88 Å². The number of rotatable bonds is 3. The van der Waals surface area contributed by atoms with Gasteiger partial charge in [-0.15, -0.1) is 24.8 Å². The molecule has 1 aromatic carbocycles. The van der Waals surface area contributed by atoms with Crippen molar-refractivity contribution in [1.82, 2.24) is 0 Å². The third-order valence-electron chi connectivity index (χ3n) is 1.47. The van der Waals surface area contributed by atoms with Gasteiger partial charge in [0.25, 0.3) is 0 Å². The van der Waals surface area contributed by atoms with Crippen LogP contribution in [0.15, 0.2) is 43.5 Å². The van der Waals surface area contributed by atoms with Crippen LogP contribution in [0.25, 0.3) is 0 Å². The minimum absolute atomic E-state index is 0.178. The summed E-state index contributed by atoms with van der Waals surface area (Å²) in [5.41, 5.74) is 0. The predicted octanol–water partition coefficient (Wildman–Crippen LogP) is 5.04. The quantitative estimate of drug-likeness (QED) is 0.388. The smallest absolute Gasteiger partial charge is 0.123 e. The third-order valence-corrected chi connectivity index (χ3v) is 1.74. The number of halogens is 2. The first-order chi connectivity index (χ1) is 7.31. The fraction of sp³-hybridized carbons (Fsp3) is 0.385. The maximum atomic E-state index is 11.9. The highest BCUT2D eigenvalue weighted by molar-refractivity contribution is 6.17. The second-order valence-electron chi connectivity index (χ2n) is 2.69. The third kappa shape index (κ3) is 15.9. The number of benzene rings is 1. The lowest BCUT2D eigenvalue weighted by Crippen LogP contribution is -1.70. The first-order valence-corrected chi connectivity index (χ1v) is 5.61. The second kappa shape index (κ2) is 15.6. The van der Waals surface area contributed by atoms with Gasteiger partial charge in [-0.2, -0.15) is 0 Å². The summed E-state index contributed by atoms with van der Waals surface area (Å²) in [5.74, 6) is 0.649. The molecule has 0 aliphatic carbocycles. The van der Waals surface area contributed by atoms with Gasteiger partial charge in [0.05, 0.1) is 0 Å². The molecule has 1 aromatic rings. The number of hydrogen-bond acceptors (Lipinski definition) is 0. The first-order valence-electron chi connectivity index (χ1n) is 5.07. The second-order valence-corrected chi connectivity index (χ2v) is 3.07. The van der Waals surface area contributed by atoms with Crippen molar-refractivity contribution in [3.05, 3.63) is 49.3 Å². The Morgan fingerprint density at radius 1 is 1.13 bits per heavy atom. The molecule has 2 heteroatoms. The van der Waals surface area contributed by atoms with Crippen molar-refractivity contribution in [2.24, 2.45) is 0 Å². The van der Waals surface area contributed by atoms with Crippen LogP contribution in [0, 0.1) is 5.82 Å². The Bertz CT molecular complexity index is 195. The Hall–Kier alpha value is -0.820. The lowest BCUT2D eigenvalue weighted by Gasteiger charge is -1.84. The normalized spacial score (nSPS) is 7.93. The van der Waals surface area contributed by atoms with Gasteiger partial charge in [-0.25, -0.2) is 4.39 Å². The van der Waals surface area contributed by atoms with E-state index in [1.807, 2.05) is 0 Å². The molecule has 86 valence electrons. The van der Waals surface area contributed by atoms with Gasteiger partial charge in [0.1, 0.15) is 5.82 Å². The van der Waals surface area contributed by atoms with E-state index in [1.54, 1.807) is 18.2 Å². The van der Waals surface area contributed by atoms with Gasteiger partial charge in [-0.1, -0.05) is 38.0 Å². The average molecular weight is 231 g/mol. The molecule has 15 heavy (non-hydrogen) atoms. The van der Waals surface area contributed by atoms with E-state index in [0.717, 1.165) is 5.88 Å². The minimum Gasteiger partial charge on any atom is -0.207 e. The molecule has 0 aromatic heterocycles. The summed E-state index contributed by atoms with van der Waals surface area (Å²) in [7, 11) is 0. The summed E-state index contributed by atoms with van der Waals surface area (Å²) in [6.45, 7) is 8.17. The van der Waals surface area contributed by atoms with Crippen molar-refractivity contribution in [2.75, 3.05) is 5.88 Å². The molecular weight excluding hydrogens is 211 g/mol. The molecule has 0 nitrogen and oxygen atoms in total. The monoisotopic (exact) mass is 230 g/mol. The Kier molecular flexibility index (Phi) is 17.3. The van der Waals surface area contributed by atoms with Crippen LogP contribution in [0.5, 0.6) is 0 Å². The molecule has 0 saturated heterocycles. The molecule has 0 heterocycles. The lowest BCUT2D eigenvalue weighted by atomic mass is 10.3. The van der Waals surface area contributed by atoms with Crippen LogP contribution in [0.2, 0.25) is 0 Å². The number of unbranched alkanes of at least 4 members (excludes halogenated alkanes) is 2. The van der Waals surface area contributed by atoms with E-state index >= 15 is 0 Å². The summed E-state index contributed by atoms with van der Waals surface area (Å²) < 4.78 is 11.9. The highest BCUT2D eigenvalue weighted by atomic mass is 35.5. The van der Waals surface area contributed by atoms with Gasteiger partial charge in [0.15, 0.2) is 0 Å². The maximum Gasteiger partial charge on any atom is 0.123 e. The molecule has 0 aliphatic heterocycles. The summed E-state index contributed by atoms with van der Waals surface area (Å²) in [6, 6.07) is 7.94. The zero-order chi connectivity index (χ0) is 11.9. The number of alkyl halides is 1. The lowest BCUT2D eigenvalue weighted by molar-refractivity contribution is 0.628. The molecule has 0 spiro atoms. The SMILES string of the molecule is C=C.CCCCCCl.Fc1ccccc1. The Balaban J connectivity index is 0. The Labute approximate surface area is 97.8 Å². The predicted molar refractivity (Wildman–Crippen MR) is 67.9 cm³/mol. The van der Waals surface area contributed by atoms with Gasteiger partial charge >= 0.3 is 0 Å². The summed E-state index contributed by atoms with van der Waals surface area (Å²) >= 11 is 5.38. The van der Waals surface area contributed by atoms with E-state index in [0.29, 0.717) is 0 Å². The van der Waals surface area contributed by atoms with Crippen LogP contribution < -0.4 is 0 Å². The maximum absolute atomic E-state index is 11.9. The van der Waals surface area contributed by atoms with E-state index in [-0.39, 0.29) is 5.82 Å². The van der Waals surface area contributed by atoms with Gasteiger partial charge in [-0.05, 0) is 18.6 Å². The Morgan fingerprint density at radius 2 is 1.67 bits per heavy atom. The van der Waals surface area contributed by atoms with Crippen LogP contribution in [0.3, 0.4) is 0 Å². The topological polar surface area (TPSA) is 0 Å². The molecule has 0 atom stereocenters. The van der Waals surface area contributed by atoms with E-state index in [4.69, 9.17) is 11.6 Å². The van der Waals surface area contributed by atoms with Crippen LogP contribution in [0.4, 0.5) is 4.39 Å². The molecule has 0 unspecified atom stereocenters. The van der Waals surface area contributed by atoms with Crippen molar-refractivity contribution in [1.29, 1.82) is 0 Å². The summed E-state index contributed by atoms with van der Waals surface area (Å²) in [5, 5.41) is 0.